The molecule has 1 amide bonds. The number of benzene rings is 3. The van der Waals surface area contributed by atoms with Crippen molar-refractivity contribution in [3.05, 3.63) is 108 Å². The lowest BCUT2D eigenvalue weighted by Crippen LogP contribution is -2.45. The van der Waals surface area contributed by atoms with Gasteiger partial charge in [-0.1, -0.05) is 91.0 Å². The molecule has 0 unspecified atom stereocenters. The van der Waals surface area contributed by atoms with Crippen LogP contribution in [0.25, 0.3) is 0 Å². The summed E-state index contributed by atoms with van der Waals surface area (Å²) in [7, 11) is 0. The predicted octanol–water partition coefficient (Wildman–Crippen LogP) is 5.01. The van der Waals surface area contributed by atoms with Crippen LogP contribution in [0.4, 0.5) is 0 Å². The highest BCUT2D eigenvalue weighted by Gasteiger charge is 2.42. The summed E-state index contributed by atoms with van der Waals surface area (Å²) in [5.74, 6) is 0.615. The Morgan fingerprint density at radius 3 is 1.81 bits per heavy atom. The Kier molecular flexibility index (Phi) is 4.81. The molecule has 1 aliphatic heterocycles. The zero-order chi connectivity index (χ0) is 18.7. The highest BCUT2D eigenvalue weighted by molar-refractivity contribution is 5.92. The standard InChI is InChI=1S/C25H25NO/c1-25(22-13-7-3-8-14-22,23-15-9-4-10-16-23)24(27)26-18-17-21(19-26)20-11-5-2-6-12-20/h2-16,21H,17-19H2,1H3/t21-/m0/s1. The summed E-state index contributed by atoms with van der Waals surface area (Å²) in [4.78, 5) is 15.8. The number of rotatable bonds is 4. The van der Waals surface area contributed by atoms with E-state index in [4.69, 9.17) is 0 Å². The van der Waals surface area contributed by atoms with E-state index in [2.05, 4.69) is 60.4 Å². The fourth-order valence-electron chi connectivity index (χ4n) is 4.21. The van der Waals surface area contributed by atoms with Crippen molar-refractivity contribution in [1.82, 2.24) is 4.90 Å². The Hall–Kier alpha value is -2.87. The van der Waals surface area contributed by atoms with Crippen molar-refractivity contribution in [2.45, 2.75) is 24.7 Å². The first-order valence-electron chi connectivity index (χ1n) is 9.65. The highest BCUT2D eigenvalue weighted by Crippen LogP contribution is 2.37. The normalized spacial score (nSPS) is 17.1. The van der Waals surface area contributed by atoms with E-state index < -0.39 is 5.41 Å². The molecule has 0 N–H and O–H groups in total. The number of carbonyl (C=O) groups is 1. The van der Waals surface area contributed by atoms with Crippen LogP contribution in [0.3, 0.4) is 0 Å². The molecular formula is C25H25NO. The predicted molar refractivity (Wildman–Crippen MR) is 110 cm³/mol. The quantitative estimate of drug-likeness (QED) is 0.644. The van der Waals surface area contributed by atoms with Crippen molar-refractivity contribution in [3.8, 4) is 0 Å². The number of amides is 1. The van der Waals surface area contributed by atoms with Gasteiger partial charge in [0.05, 0.1) is 5.41 Å². The lowest BCUT2D eigenvalue weighted by atomic mass is 9.75. The Morgan fingerprint density at radius 2 is 1.30 bits per heavy atom. The van der Waals surface area contributed by atoms with Gasteiger partial charge in [-0.25, -0.2) is 0 Å². The molecule has 2 heteroatoms. The minimum Gasteiger partial charge on any atom is -0.341 e. The van der Waals surface area contributed by atoms with E-state index in [0.717, 1.165) is 30.6 Å². The molecule has 1 heterocycles. The summed E-state index contributed by atoms with van der Waals surface area (Å²) in [5.41, 5.74) is 2.75. The molecule has 1 saturated heterocycles. The number of carbonyl (C=O) groups excluding carboxylic acids is 1. The second-order valence-corrected chi connectivity index (χ2v) is 7.50. The van der Waals surface area contributed by atoms with Crippen LogP contribution in [0.5, 0.6) is 0 Å². The zero-order valence-corrected chi connectivity index (χ0v) is 15.7. The van der Waals surface area contributed by atoms with Gasteiger partial charge in [0.2, 0.25) is 5.91 Å². The minimum absolute atomic E-state index is 0.193. The van der Waals surface area contributed by atoms with Gasteiger partial charge < -0.3 is 4.90 Å². The largest absolute Gasteiger partial charge is 0.341 e. The molecule has 27 heavy (non-hydrogen) atoms. The Balaban J connectivity index is 1.66. The Labute approximate surface area is 161 Å². The Morgan fingerprint density at radius 1 is 0.815 bits per heavy atom. The van der Waals surface area contributed by atoms with E-state index in [9.17, 15) is 4.79 Å². The molecule has 2 nitrogen and oxygen atoms in total. The number of hydrogen-bond donors (Lipinski definition) is 0. The number of hydrogen-bond acceptors (Lipinski definition) is 1. The third-order valence-electron chi connectivity index (χ3n) is 5.88. The summed E-state index contributed by atoms with van der Waals surface area (Å²) in [5, 5.41) is 0. The van der Waals surface area contributed by atoms with Gasteiger partial charge in [0.25, 0.3) is 0 Å². The first kappa shape index (κ1) is 17.5. The molecular weight excluding hydrogens is 330 g/mol. The minimum atomic E-state index is -0.673. The lowest BCUT2D eigenvalue weighted by Gasteiger charge is -2.34. The molecule has 0 bridgehead atoms. The van der Waals surface area contributed by atoms with Gasteiger partial charge in [-0.3, -0.25) is 4.79 Å². The molecule has 1 fully saturated rings. The van der Waals surface area contributed by atoms with E-state index in [-0.39, 0.29) is 5.91 Å². The molecule has 3 aromatic carbocycles. The van der Waals surface area contributed by atoms with Gasteiger partial charge in [0, 0.05) is 19.0 Å². The van der Waals surface area contributed by atoms with Crippen molar-refractivity contribution >= 4 is 5.91 Å². The molecule has 1 atom stereocenters. The van der Waals surface area contributed by atoms with Crippen LogP contribution < -0.4 is 0 Å². The van der Waals surface area contributed by atoms with Gasteiger partial charge in [0.15, 0.2) is 0 Å². The summed E-state index contributed by atoms with van der Waals surface area (Å²) in [6.45, 7) is 3.67. The molecule has 136 valence electrons. The fourth-order valence-corrected chi connectivity index (χ4v) is 4.21. The molecule has 4 rings (SSSR count). The summed E-state index contributed by atoms with van der Waals surface area (Å²) in [6, 6.07) is 30.9. The summed E-state index contributed by atoms with van der Waals surface area (Å²) >= 11 is 0. The highest BCUT2D eigenvalue weighted by atomic mass is 16.2. The van der Waals surface area contributed by atoms with Crippen LogP contribution in [-0.2, 0) is 10.2 Å². The first-order valence-corrected chi connectivity index (χ1v) is 9.65. The first-order chi connectivity index (χ1) is 13.2. The summed E-state index contributed by atoms with van der Waals surface area (Å²) in [6.07, 6.45) is 1.02. The van der Waals surface area contributed by atoms with Crippen LogP contribution in [-0.4, -0.2) is 23.9 Å². The van der Waals surface area contributed by atoms with E-state index in [1.807, 2.05) is 42.5 Å². The van der Waals surface area contributed by atoms with Crippen LogP contribution in [0.15, 0.2) is 91.0 Å². The molecule has 0 radical (unpaired) electrons. The lowest BCUT2D eigenvalue weighted by molar-refractivity contribution is -0.134. The van der Waals surface area contributed by atoms with Crippen LogP contribution in [0, 0.1) is 0 Å². The SMILES string of the molecule is CC(C(=O)N1CC[C@H](c2ccccc2)C1)(c1ccccc1)c1ccccc1. The molecule has 0 saturated carbocycles. The number of likely N-dealkylation sites (tertiary alicyclic amines) is 1. The van der Waals surface area contributed by atoms with Crippen LogP contribution in [0.2, 0.25) is 0 Å². The third kappa shape index (κ3) is 3.28. The van der Waals surface area contributed by atoms with Gasteiger partial charge in [-0.15, -0.1) is 0 Å². The average Bonchev–Trinajstić information content (AvgIpc) is 3.25. The van der Waals surface area contributed by atoms with Gasteiger partial charge in [-0.2, -0.15) is 0 Å². The number of nitrogens with zero attached hydrogens (tertiary/aromatic N) is 1. The molecule has 0 aliphatic carbocycles. The average molecular weight is 355 g/mol. The zero-order valence-electron chi connectivity index (χ0n) is 15.7. The maximum Gasteiger partial charge on any atom is 0.237 e. The third-order valence-corrected chi connectivity index (χ3v) is 5.88. The van der Waals surface area contributed by atoms with Crippen molar-refractivity contribution in [2.24, 2.45) is 0 Å². The monoisotopic (exact) mass is 355 g/mol. The van der Waals surface area contributed by atoms with Crippen LogP contribution in [0.1, 0.15) is 36.0 Å². The van der Waals surface area contributed by atoms with Crippen molar-refractivity contribution in [2.75, 3.05) is 13.1 Å². The Bertz CT molecular complexity index is 850. The van der Waals surface area contributed by atoms with Crippen LogP contribution >= 0.6 is 0 Å². The fraction of sp³-hybridized carbons (Fsp3) is 0.240. The van der Waals surface area contributed by atoms with Gasteiger partial charge >= 0.3 is 0 Å². The van der Waals surface area contributed by atoms with E-state index in [1.54, 1.807) is 0 Å². The maximum absolute atomic E-state index is 13.8. The molecule has 3 aromatic rings. The second kappa shape index (κ2) is 7.40. The molecule has 0 aromatic heterocycles. The second-order valence-electron chi connectivity index (χ2n) is 7.50. The van der Waals surface area contributed by atoms with Crippen molar-refractivity contribution < 1.29 is 4.79 Å². The van der Waals surface area contributed by atoms with E-state index >= 15 is 0 Å². The topological polar surface area (TPSA) is 20.3 Å². The molecule has 0 spiro atoms. The smallest absolute Gasteiger partial charge is 0.237 e. The van der Waals surface area contributed by atoms with Gasteiger partial charge in [-0.05, 0) is 30.0 Å². The van der Waals surface area contributed by atoms with Crippen molar-refractivity contribution in [3.63, 3.8) is 0 Å². The van der Waals surface area contributed by atoms with E-state index in [0.29, 0.717) is 5.92 Å². The van der Waals surface area contributed by atoms with Gasteiger partial charge in [0.1, 0.15) is 0 Å². The van der Waals surface area contributed by atoms with Crippen molar-refractivity contribution in [1.29, 1.82) is 0 Å². The summed E-state index contributed by atoms with van der Waals surface area (Å²) < 4.78 is 0. The van der Waals surface area contributed by atoms with E-state index in [1.165, 1.54) is 5.56 Å². The molecule has 1 aliphatic rings. The maximum atomic E-state index is 13.8.